The molecule has 0 aliphatic rings. The van der Waals surface area contributed by atoms with Crippen molar-refractivity contribution in [3.63, 3.8) is 0 Å². The van der Waals surface area contributed by atoms with E-state index in [1.54, 1.807) is 0 Å². The van der Waals surface area contributed by atoms with Crippen molar-refractivity contribution in [2.24, 2.45) is 5.73 Å². The van der Waals surface area contributed by atoms with E-state index in [9.17, 15) is 0 Å². The summed E-state index contributed by atoms with van der Waals surface area (Å²) in [5.74, 6) is 0. The second-order valence-corrected chi connectivity index (χ2v) is 3.52. The molecule has 14 heavy (non-hydrogen) atoms. The smallest absolute Gasteiger partial charge is 0.0492 e. The molecule has 0 rings (SSSR count). The first-order valence-corrected chi connectivity index (χ1v) is 5.58. The van der Waals surface area contributed by atoms with Crippen LogP contribution >= 0.6 is 0 Å². The molecule has 0 heterocycles. The average Bonchev–Trinajstić information content (AvgIpc) is 2.23. The van der Waals surface area contributed by atoms with Crippen molar-refractivity contribution >= 4 is 0 Å². The van der Waals surface area contributed by atoms with Gasteiger partial charge in [-0.2, -0.15) is 0 Å². The minimum Gasteiger partial charge on any atom is -0.318 e. The molecule has 0 aliphatic heterocycles. The molecule has 0 radical (unpaired) electrons. The molecule has 0 saturated heterocycles. The van der Waals surface area contributed by atoms with Crippen molar-refractivity contribution in [2.45, 2.75) is 32.7 Å². The number of nitrogens with two attached hydrogens (primary N) is 1. The van der Waals surface area contributed by atoms with E-state index in [1.165, 1.54) is 6.42 Å². The molecule has 1 unspecified atom stereocenters. The Balaban J connectivity index is 3.59. The van der Waals surface area contributed by atoms with Gasteiger partial charge >= 0.3 is 0 Å². The van der Waals surface area contributed by atoms with Gasteiger partial charge < -0.3 is 16.4 Å². The van der Waals surface area contributed by atoms with Gasteiger partial charge in [0.2, 0.25) is 0 Å². The third-order valence-electron chi connectivity index (χ3n) is 2.54. The standard InChI is InChI=1S/C10H26N4/c1-4-10(12-3)6-7-14(8-11)9-13-5-2/h10,12-13H,4-9,11H2,1-3H3. The fourth-order valence-electron chi connectivity index (χ4n) is 1.40. The molecule has 4 N–H and O–H groups in total. The fourth-order valence-corrected chi connectivity index (χ4v) is 1.40. The number of nitrogens with one attached hydrogen (secondary N) is 2. The molecule has 1 atom stereocenters. The van der Waals surface area contributed by atoms with E-state index in [2.05, 4.69) is 29.4 Å². The van der Waals surface area contributed by atoms with E-state index < -0.39 is 0 Å². The summed E-state index contributed by atoms with van der Waals surface area (Å²) in [5, 5.41) is 6.58. The summed E-state index contributed by atoms with van der Waals surface area (Å²) in [7, 11) is 2.02. The van der Waals surface area contributed by atoms with Crippen LogP contribution in [0.2, 0.25) is 0 Å². The Labute approximate surface area is 88.2 Å². The lowest BCUT2D eigenvalue weighted by Gasteiger charge is -2.23. The van der Waals surface area contributed by atoms with E-state index in [-0.39, 0.29) is 0 Å². The van der Waals surface area contributed by atoms with Crippen LogP contribution in [0.1, 0.15) is 26.7 Å². The Bertz CT molecular complexity index is 115. The fraction of sp³-hybridized carbons (Fsp3) is 1.00. The van der Waals surface area contributed by atoms with Crippen LogP contribution in [0.15, 0.2) is 0 Å². The van der Waals surface area contributed by atoms with Crippen molar-refractivity contribution in [1.82, 2.24) is 15.5 Å². The molecular weight excluding hydrogens is 176 g/mol. The third kappa shape index (κ3) is 6.32. The molecule has 0 aromatic heterocycles. The van der Waals surface area contributed by atoms with Crippen molar-refractivity contribution in [3.05, 3.63) is 0 Å². The minimum atomic E-state index is 0.616. The summed E-state index contributed by atoms with van der Waals surface area (Å²) in [4.78, 5) is 2.23. The predicted octanol–water partition coefficient (Wildman–Crippen LogP) is 0.160. The molecule has 0 spiro atoms. The second kappa shape index (κ2) is 9.40. The highest BCUT2D eigenvalue weighted by molar-refractivity contribution is 4.65. The van der Waals surface area contributed by atoms with Crippen molar-refractivity contribution < 1.29 is 0 Å². The Morgan fingerprint density at radius 1 is 1.36 bits per heavy atom. The quantitative estimate of drug-likeness (QED) is 0.466. The Morgan fingerprint density at radius 2 is 2.07 bits per heavy atom. The van der Waals surface area contributed by atoms with Crippen LogP contribution in [0.25, 0.3) is 0 Å². The molecule has 86 valence electrons. The topological polar surface area (TPSA) is 53.3 Å². The minimum absolute atomic E-state index is 0.616. The van der Waals surface area contributed by atoms with Crippen molar-refractivity contribution in [3.8, 4) is 0 Å². The molecule has 0 aromatic carbocycles. The molecule has 4 nitrogen and oxygen atoms in total. The summed E-state index contributed by atoms with van der Waals surface area (Å²) >= 11 is 0. The summed E-state index contributed by atoms with van der Waals surface area (Å²) in [6.07, 6.45) is 2.34. The van der Waals surface area contributed by atoms with E-state index in [4.69, 9.17) is 5.73 Å². The molecule has 0 amide bonds. The Kier molecular flexibility index (Phi) is 9.29. The lowest BCUT2D eigenvalue weighted by atomic mass is 10.1. The SMILES string of the molecule is CCNCN(CN)CCC(CC)NC. The summed E-state index contributed by atoms with van der Waals surface area (Å²) < 4.78 is 0. The molecule has 0 bridgehead atoms. The van der Waals surface area contributed by atoms with Crippen LogP contribution in [0, 0.1) is 0 Å². The first-order valence-electron chi connectivity index (χ1n) is 5.58. The van der Waals surface area contributed by atoms with Crippen LogP contribution in [0.3, 0.4) is 0 Å². The number of hydrogen-bond acceptors (Lipinski definition) is 4. The van der Waals surface area contributed by atoms with Crippen LogP contribution in [-0.4, -0.2) is 44.4 Å². The highest BCUT2D eigenvalue weighted by atomic mass is 15.2. The normalized spacial score (nSPS) is 13.5. The molecule has 0 fully saturated rings. The van der Waals surface area contributed by atoms with Gasteiger partial charge in [-0.25, -0.2) is 0 Å². The van der Waals surface area contributed by atoms with Crippen LogP contribution < -0.4 is 16.4 Å². The number of hydrogen-bond donors (Lipinski definition) is 3. The molecule has 4 heteroatoms. The highest BCUT2D eigenvalue weighted by Gasteiger charge is 2.06. The van der Waals surface area contributed by atoms with Gasteiger partial charge in [0.25, 0.3) is 0 Å². The lowest BCUT2D eigenvalue weighted by molar-refractivity contribution is 0.246. The molecule has 0 saturated carbocycles. The van der Waals surface area contributed by atoms with Gasteiger partial charge in [0, 0.05) is 25.9 Å². The third-order valence-corrected chi connectivity index (χ3v) is 2.54. The van der Waals surface area contributed by atoms with Crippen molar-refractivity contribution in [1.29, 1.82) is 0 Å². The number of nitrogens with zero attached hydrogens (tertiary/aromatic N) is 1. The monoisotopic (exact) mass is 202 g/mol. The number of rotatable bonds is 9. The second-order valence-electron chi connectivity index (χ2n) is 3.52. The molecule has 0 aliphatic carbocycles. The van der Waals surface area contributed by atoms with E-state index in [0.717, 1.165) is 26.2 Å². The zero-order valence-corrected chi connectivity index (χ0v) is 9.84. The Hall–Kier alpha value is -0.160. The maximum Gasteiger partial charge on any atom is 0.0492 e. The van der Waals surface area contributed by atoms with E-state index >= 15 is 0 Å². The summed E-state index contributed by atoms with van der Waals surface area (Å²) in [5.41, 5.74) is 5.65. The first kappa shape index (κ1) is 13.8. The van der Waals surface area contributed by atoms with Crippen molar-refractivity contribution in [2.75, 3.05) is 33.5 Å². The zero-order valence-electron chi connectivity index (χ0n) is 9.84. The van der Waals surface area contributed by atoms with Crippen LogP contribution in [-0.2, 0) is 0 Å². The van der Waals surface area contributed by atoms with Gasteiger partial charge in [-0.3, -0.25) is 4.90 Å². The van der Waals surface area contributed by atoms with Gasteiger partial charge in [-0.1, -0.05) is 13.8 Å². The molecule has 0 aromatic rings. The largest absolute Gasteiger partial charge is 0.318 e. The van der Waals surface area contributed by atoms with Crippen LogP contribution in [0.4, 0.5) is 0 Å². The lowest BCUT2D eigenvalue weighted by Crippen LogP contribution is -2.40. The van der Waals surface area contributed by atoms with E-state index in [0.29, 0.717) is 12.7 Å². The molecular formula is C10H26N4. The van der Waals surface area contributed by atoms with Crippen LogP contribution in [0.5, 0.6) is 0 Å². The average molecular weight is 202 g/mol. The van der Waals surface area contributed by atoms with Gasteiger partial charge in [0.05, 0.1) is 0 Å². The van der Waals surface area contributed by atoms with Gasteiger partial charge in [-0.05, 0) is 26.4 Å². The maximum atomic E-state index is 5.65. The van der Waals surface area contributed by atoms with E-state index in [1.807, 2.05) is 7.05 Å². The predicted molar refractivity (Wildman–Crippen MR) is 62.1 cm³/mol. The van der Waals surface area contributed by atoms with Gasteiger partial charge in [-0.15, -0.1) is 0 Å². The zero-order chi connectivity index (χ0) is 10.8. The summed E-state index contributed by atoms with van der Waals surface area (Å²) in [6.45, 7) is 7.90. The first-order chi connectivity index (χ1) is 6.78. The highest BCUT2D eigenvalue weighted by Crippen LogP contribution is 1.98. The van der Waals surface area contributed by atoms with Gasteiger partial charge in [0.15, 0.2) is 0 Å². The Morgan fingerprint density at radius 3 is 2.50 bits per heavy atom. The maximum absolute atomic E-state index is 5.65. The van der Waals surface area contributed by atoms with Gasteiger partial charge in [0.1, 0.15) is 0 Å². The summed E-state index contributed by atoms with van der Waals surface area (Å²) in [6, 6.07) is 0.616.